The van der Waals surface area contributed by atoms with Crippen LogP contribution in [0.25, 0.3) is 0 Å². The fourth-order valence-electron chi connectivity index (χ4n) is 5.22. The van der Waals surface area contributed by atoms with Gasteiger partial charge in [0.1, 0.15) is 0 Å². The van der Waals surface area contributed by atoms with Gasteiger partial charge in [0, 0.05) is 0 Å². The third-order valence-corrected chi connectivity index (χ3v) is 18.0. The van der Waals surface area contributed by atoms with E-state index in [-0.39, 0.29) is 0 Å². The maximum atomic E-state index is 13.5. The molecule has 0 amide bonds. The number of rotatable bonds is 25. The first-order valence-electron chi connectivity index (χ1n) is 17.1. The van der Waals surface area contributed by atoms with Crippen LogP contribution >= 0.6 is 37.9 Å². The van der Waals surface area contributed by atoms with E-state index in [0.29, 0.717) is 37.0 Å². The van der Waals surface area contributed by atoms with Crippen LogP contribution in [0.4, 0.5) is 0 Å². The van der Waals surface area contributed by atoms with Gasteiger partial charge in [-0.15, -0.1) is 0 Å². The van der Waals surface area contributed by atoms with Gasteiger partial charge >= 0.3 is 288 Å². The van der Waals surface area contributed by atoms with Crippen molar-refractivity contribution in [2.45, 2.75) is 171 Å². The summed E-state index contributed by atoms with van der Waals surface area (Å²) in [6.45, 7) is 16.4. The Morgan fingerprint density at radius 1 is 0.535 bits per heavy atom. The molecule has 254 valence electrons. The van der Waals surface area contributed by atoms with Crippen molar-refractivity contribution in [3.05, 3.63) is 0 Å². The van der Waals surface area contributed by atoms with Gasteiger partial charge in [-0.2, -0.15) is 0 Å². The summed E-state index contributed by atoms with van der Waals surface area (Å²) < 4.78 is 17.8. The zero-order valence-corrected chi connectivity index (χ0v) is 34.0. The minimum atomic E-state index is -5.21. The second-order valence-electron chi connectivity index (χ2n) is 12.5. The van der Waals surface area contributed by atoms with Gasteiger partial charge in [0.15, 0.2) is 0 Å². The average molecular weight is 772 g/mol. The van der Waals surface area contributed by atoms with E-state index in [1.807, 2.05) is 0 Å². The molecular formula is C33H64O6S3Sn. The summed E-state index contributed by atoms with van der Waals surface area (Å²) >= 11 is 8.62. The SMILES string of the molecule is CCCCC(CC)CC(S)C(=O)[O][Sn]([O]C(=O)C(S)CC(CC)CCCC)([O]C(=O)C(S)CC(CC)CCCC)[CH](C)C. The van der Waals surface area contributed by atoms with Crippen molar-refractivity contribution in [2.75, 3.05) is 0 Å². The monoisotopic (exact) mass is 772 g/mol. The molecule has 0 heterocycles. The molecule has 0 bridgehead atoms. The second kappa shape index (κ2) is 24.4. The molecule has 6 nitrogen and oxygen atoms in total. The molecule has 0 aliphatic heterocycles. The summed E-state index contributed by atoms with van der Waals surface area (Å²) in [5, 5.41) is -2.11. The first-order valence-corrected chi connectivity index (χ1v) is 23.8. The molecule has 0 saturated heterocycles. The van der Waals surface area contributed by atoms with Gasteiger partial charge in [-0.1, -0.05) is 0 Å². The van der Waals surface area contributed by atoms with Crippen LogP contribution in [0.5, 0.6) is 0 Å². The molecule has 6 unspecified atom stereocenters. The Balaban J connectivity index is 6.10. The summed E-state index contributed by atoms with van der Waals surface area (Å²) in [5.74, 6) is -0.766. The van der Waals surface area contributed by atoms with E-state index in [9.17, 15) is 14.4 Å². The minimum absolute atomic E-state index is 0.329. The number of carbonyl (C=O) groups is 3. The van der Waals surface area contributed by atoms with Crippen LogP contribution < -0.4 is 0 Å². The number of unbranched alkanes of at least 4 members (excludes halogenated alkanes) is 3. The standard InChI is InChI=1S/3C10H20O2S.C3H7.Sn/c3*1-3-5-6-8(4-2)7-9(13)10(11)12;1-3-2;/h3*8-9,13H,3-7H2,1-2H3,(H,11,12);3H,1-2H3;/q;;;;+3/p-3. The Morgan fingerprint density at radius 3 is 0.977 bits per heavy atom. The molecular weight excluding hydrogens is 707 g/mol. The molecule has 0 aliphatic rings. The van der Waals surface area contributed by atoms with Crippen molar-refractivity contribution in [1.82, 2.24) is 0 Å². The zero-order valence-electron chi connectivity index (χ0n) is 28.4. The van der Waals surface area contributed by atoms with Crippen LogP contribution in [-0.4, -0.2) is 53.3 Å². The van der Waals surface area contributed by atoms with Gasteiger partial charge in [-0.05, 0) is 0 Å². The summed E-state index contributed by atoms with van der Waals surface area (Å²) in [6.07, 6.45) is 14.0. The van der Waals surface area contributed by atoms with Crippen LogP contribution in [0.2, 0.25) is 3.93 Å². The Bertz CT molecular complexity index is 691. The third-order valence-electron chi connectivity index (χ3n) is 8.55. The Hall–Kier alpha value is 0.259. The molecule has 0 aromatic rings. The van der Waals surface area contributed by atoms with Crippen molar-refractivity contribution >= 4 is 75.4 Å². The molecule has 0 radical (unpaired) electrons. The van der Waals surface area contributed by atoms with Crippen molar-refractivity contribution < 1.29 is 23.6 Å². The first-order chi connectivity index (χ1) is 20.3. The predicted octanol–water partition coefficient (Wildman–Crippen LogP) is 9.68. The first kappa shape index (κ1) is 43.3. The Kier molecular flexibility index (Phi) is 24.6. The van der Waals surface area contributed by atoms with E-state index in [4.69, 9.17) is 9.22 Å². The van der Waals surface area contributed by atoms with Gasteiger partial charge in [0.05, 0.1) is 0 Å². The summed E-state index contributed by atoms with van der Waals surface area (Å²) in [6, 6.07) is 0. The van der Waals surface area contributed by atoms with Gasteiger partial charge < -0.3 is 0 Å². The van der Waals surface area contributed by atoms with Crippen molar-refractivity contribution in [3.8, 4) is 0 Å². The Morgan fingerprint density at radius 2 is 0.791 bits per heavy atom. The molecule has 0 N–H and O–H groups in total. The number of carbonyl (C=O) groups excluding carboxylic acids is 3. The second-order valence-corrected chi connectivity index (χ2v) is 22.9. The maximum absolute atomic E-state index is 13.5. The average Bonchev–Trinajstić information content (AvgIpc) is 2.98. The van der Waals surface area contributed by atoms with E-state index in [0.717, 1.165) is 77.0 Å². The fraction of sp³-hybridized carbons (Fsp3) is 0.909. The quantitative estimate of drug-likeness (QED) is 0.0634. The van der Waals surface area contributed by atoms with Crippen molar-refractivity contribution in [3.63, 3.8) is 0 Å². The molecule has 10 heteroatoms. The van der Waals surface area contributed by atoms with Crippen LogP contribution in [0, 0.1) is 17.8 Å². The van der Waals surface area contributed by atoms with Crippen LogP contribution in [0.1, 0.15) is 152 Å². The molecule has 6 atom stereocenters. The number of hydrogen-bond acceptors (Lipinski definition) is 9. The van der Waals surface area contributed by atoms with E-state index in [1.54, 1.807) is 13.8 Å². The van der Waals surface area contributed by atoms with E-state index in [2.05, 4.69) is 79.4 Å². The normalized spacial score (nSPS) is 17.3. The van der Waals surface area contributed by atoms with Crippen LogP contribution in [0.15, 0.2) is 0 Å². The summed E-state index contributed by atoms with van der Waals surface area (Å²) in [5.41, 5.74) is 0. The van der Waals surface area contributed by atoms with Gasteiger partial charge in [-0.3, -0.25) is 0 Å². The molecule has 0 fully saturated rings. The van der Waals surface area contributed by atoms with E-state index in [1.165, 1.54) is 0 Å². The number of hydrogen-bond donors (Lipinski definition) is 3. The molecule has 0 saturated carbocycles. The summed E-state index contributed by atoms with van der Waals surface area (Å²) in [7, 11) is 0. The van der Waals surface area contributed by atoms with Crippen molar-refractivity contribution in [1.29, 1.82) is 0 Å². The van der Waals surface area contributed by atoms with Crippen LogP contribution in [0.3, 0.4) is 0 Å². The van der Waals surface area contributed by atoms with Crippen molar-refractivity contribution in [2.24, 2.45) is 17.8 Å². The fourth-order valence-corrected chi connectivity index (χ4v) is 13.1. The molecule has 0 spiro atoms. The molecule has 0 aliphatic carbocycles. The van der Waals surface area contributed by atoms with Gasteiger partial charge in [0.2, 0.25) is 0 Å². The van der Waals surface area contributed by atoms with E-state index < -0.39 is 57.2 Å². The van der Waals surface area contributed by atoms with Gasteiger partial charge in [0.25, 0.3) is 0 Å². The third kappa shape index (κ3) is 17.1. The predicted molar refractivity (Wildman–Crippen MR) is 191 cm³/mol. The molecule has 0 aromatic heterocycles. The van der Waals surface area contributed by atoms with Crippen LogP contribution in [-0.2, 0) is 23.6 Å². The topological polar surface area (TPSA) is 78.9 Å². The Labute approximate surface area is 286 Å². The molecule has 43 heavy (non-hydrogen) atoms. The molecule has 0 aromatic carbocycles. The zero-order chi connectivity index (χ0) is 33.0. The van der Waals surface area contributed by atoms with E-state index >= 15 is 0 Å². The number of thiol groups is 3. The molecule has 0 rings (SSSR count). The van der Waals surface area contributed by atoms with Gasteiger partial charge in [-0.25, -0.2) is 0 Å². The summed E-state index contributed by atoms with van der Waals surface area (Å²) in [4.78, 5) is 40.5.